The van der Waals surface area contributed by atoms with Crippen molar-refractivity contribution in [2.24, 2.45) is 0 Å². The highest BCUT2D eigenvalue weighted by molar-refractivity contribution is 5.90. The lowest BCUT2D eigenvalue weighted by molar-refractivity contribution is 0.0500. The molecule has 3 rings (SSSR count). The number of carbonyl (C=O) groups excluding carboxylic acids is 1. The number of hydrogen-bond acceptors (Lipinski definition) is 4. The fraction of sp³-hybridized carbons (Fsp3) is 0.211. The van der Waals surface area contributed by atoms with E-state index >= 15 is 0 Å². The maximum absolute atomic E-state index is 11.9. The van der Waals surface area contributed by atoms with Gasteiger partial charge in [0.2, 0.25) is 0 Å². The largest absolute Gasteiger partial charge is 0.462 e. The molecular formula is C19H18N2O2. The molecule has 0 aliphatic rings. The fourth-order valence-electron chi connectivity index (χ4n) is 2.26. The molecule has 116 valence electrons. The van der Waals surface area contributed by atoms with Gasteiger partial charge in [0, 0.05) is 17.1 Å². The average Bonchev–Trinajstić information content (AvgIpc) is 2.61. The van der Waals surface area contributed by atoms with Crippen LogP contribution in [-0.4, -0.2) is 22.5 Å². The molecule has 0 unspecified atom stereocenters. The van der Waals surface area contributed by atoms with Crippen molar-refractivity contribution in [2.75, 3.05) is 6.61 Å². The number of unbranched alkanes of at least 4 members (excludes halogenated alkanes) is 1. The molecule has 4 nitrogen and oxygen atoms in total. The zero-order chi connectivity index (χ0) is 16.1. The molecule has 0 fully saturated rings. The number of aromatic nitrogens is 2. The van der Waals surface area contributed by atoms with E-state index in [0.717, 1.165) is 29.3 Å². The zero-order valence-corrected chi connectivity index (χ0v) is 13.0. The first-order valence-corrected chi connectivity index (χ1v) is 7.77. The number of fused-ring (bicyclic) bond motifs is 1. The lowest BCUT2D eigenvalue weighted by atomic mass is 10.1. The number of para-hydroxylation sites is 1. The predicted molar refractivity (Wildman–Crippen MR) is 90.2 cm³/mol. The van der Waals surface area contributed by atoms with Crippen LogP contribution in [0.4, 0.5) is 0 Å². The number of carbonyl (C=O) groups is 1. The fourth-order valence-corrected chi connectivity index (χ4v) is 2.26. The number of nitrogens with zero attached hydrogens (tertiary/aromatic N) is 2. The Morgan fingerprint density at radius 1 is 1.09 bits per heavy atom. The summed E-state index contributed by atoms with van der Waals surface area (Å²) < 4.78 is 5.20. The molecule has 0 atom stereocenters. The Hall–Kier alpha value is -2.75. The Morgan fingerprint density at radius 2 is 1.87 bits per heavy atom. The van der Waals surface area contributed by atoms with Crippen molar-refractivity contribution in [1.82, 2.24) is 9.97 Å². The van der Waals surface area contributed by atoms with Crippen LogP contribution in [-0.2, 0) is 4.74 Å². The Kier molecular flexibility index (Phi) is 4.62. The van der Waals surface area contributed by atoms with Crippen LogP contribution >= 0.6 is 0 Å². The van der Waals surface area contributed by atoms with Gasteiger partial charge in [0.15, 0.2) is 5.82 Å². The number of rotatable bonds is 5. The molecule has 0 amide bonds. The molecule has 3 aromatic rings. The van der Waals surface area contributed by atoms with Crippen LogP contribution in [0.3, 0.4) is 0 Å². The first-order valence-electron chi connectivity index (χ1n) is 7.77. The van der Waals surface area contributed by atoms with Crippen molar-refractivity contribution in [2.45, 2.75) is 19.8 Å². The minimum absolute atomic E-state index is 0.288. The van der Waals surface area contributed by atoms with Crippen LogP contribution in [0.5, 0.6) is 0 Å². The van der Waals surface area contributed by atoms with Crippen LogP contribution in [0.15, 0.2) is 54.7 Å². The third kappa shape index (κ3) is 3.54. The van der Waals surface area contributed by atoms with E-state index in [9.17, 15) is 4.79 Å². The van der Waals surface area contributed by atoms with Gasteiger partial charge in [0.05, 0.1) is 17.7 Å². The topological polar surface area (TPSA) is 52.1 Å². The summed E-state index contributed by atoms with van der Waals surface area (Å²) in [5, 5.41) is 1.01. The van der Waals surface area contributed by atoms with Crippen molar-refractivity contribution in [1.29, 1.82) is 0 Å². The monoisotopic (exact) mass is 306 g/mol. The van der Waals surface area contributed by atoms with Gasteiger partial charge in [-0.05, 0) is 24.6 Å². The van der Waals surface area contributed by atoms with Gasteiger partial charge >= 0.3 is 5.97 Å². The quantitative estimate of drug-likeness (QED) is 0.522. The van der Waals surface area contributed by atoms with Crippen molar-refractivity contribution >= 4 is 16.9 Å². The van der Waals surface area contributed by atoms with Crippen LogP contribution in [0.2, 0.25) is 0 Å². The molecule has 1 aromatic heterocycles. The van der Waals surface area contributed by atoms with E-state index in [2.05, 4.69) is 16.9 Å². The molecule has 0 radical (unpaired) electrons. The smallest absolute Gasteiger partial charge is 0.338 e. The number of esters is 1. The van der Waals surface area contributed by atoms with E-state index in [1.54, 1.807) is 12.1 Å². The van der Waals surface area contributed by atoms with Gasteiger partial charge in [0.1, 0.15) is 0 Å². The maximum atomic E-state index is 11.9. The van der Waals surface area contributed by atoms with Crippen molar-refractivity contribution in [3.8, 4) is 11.4 Å². The average molecular weight is 306 g/mol. The maximum Gasteiger partial charge on any atom is 0.338 e. The summed E-state index contributed by atoms with van der Waals surface area (Å²) in [6.45, 7) is 2.52. The van der Waals surface area contributed by atoms with Crippen molar-refractivity contribution < 1.29 is 9.53 Å². The minimum Gasteiger partial charge on any atom is -0.462 e. The van der Waals surface area contributed by atoms with E-state index < -0.39 is 0 Å². The van der Waals surface area contributed by atoms with Crippen LogP contribution < -0.4 is 0 Å². The van der Waals surface area contributed by atoms with E-state index in [0.29, 0.717) is 18.0 Å². The molecule has 0 N–H and O–H groups in total. The lowest BCUT2D eigenvalue weighted by Gasteiger charge is -2.05. The molecule has 0 bridgehead atoms. The van der Waals surface area contributed by atoms with Gasteiger partial charge in [0.25, 0.3) is 0 Å². The third-order valence-corrected chi connectivity index (χ3v) is 3.60. The molecule has 0 saturated heterocycles. The molecular weight excluding hydrogens is 288 g/mol. The van der Waals surface area contributed by atoms with E-state index in [4.69, 9.17) is 4.74 Å². The second kappa shape index (κ2) is 7.01. The molecule has 2 aromatic carbocycles. The summed E-state index contributed by atoms with van der Waals surface area (Å²) in [7, 11) is 0. The Balaban J connectivity index is 1.79. The van der Waals surface area contributed by atoms with Crippen LogP contribution in [0.25, 0.3) is 22.3 Å². The summed E-state index contributed by atoms with van der Waals surface area (Å²) in [4.78, 5) is 20.8. The summed E-state index contributed by atoms with van der Waals surface area (Å²) in [5.41, 5.74) is 2.33. The molecule has 1 heterocycles. The molecule has 0 saturated carbocycles. The van der Waals surface area contributed by atoms with Crippen LogP contribution in [0.1, 0.15) is 30.1 Å². The lowest BCUT2D eigenvalue weighted by Crippen LogP contribution is -2.06. The standard InChI is InChI=1S/C19H18N2O2/c1-2-3-12-23-19(22)15-10-8-14(9-11-15)18-20-13-16-6-4-5-7-17(16)21-18/h4-11,13H,2-3,12H2,1H3. The summed E-state index contributed by atoms with van der Waals surface area (Å²) >= 11 is 0. The van der Waals surface area contributed by atoms with Gasteiger partial charge < -0.3 is 4.74 Å². The van der Waals surface area contributed by atoms with Gasteiger partial charge in [-0.15, -0.1) is 0 Å². The van der Waals surface area contributed by atoms with Gasteiger partial charge in [-0.25, -0.2) is 14.8 Å². The third-order valence-electron chi connectivity index (χ3n) is 3.60. The van der Waals surface area contributed by atoms with Crippen molar-refractivity contribution in [3.05, 3.63) is 60.3 Å². The van der Waals surface area contributed by atoms with E-state index in [-0.39, 0.29) is 5.97 Å². The normalized spacial score (nSPS) is 10.7. The summed E-state index contributed by atoms with van der Waals surface area (Å²) in [6.07, 6.45) is 3.70. The van der Waals surface area contributed by atoms with Crippen LogP contribution in [0, 0.1) is 0 Å². The highest BCUT2D eigenvalue weighted by Crippen LogP contribution is 2.19. The molecule has 23 heavy (non-hydrogen) atoms. The number of ether oxygens (including phenoxy) is 1. The molecule has 4 heteroatoms. The highest BCUT2D eigenvalue weighted by atomic mass is 16.5. The predicted octanol–water partition coefficient (Wildman–Crippen LogP) is 4.25. The van der Waals surface area contributed by atoms with Gasteiger partial charge in [-0.1, -0.05) is 43.7 Å². The first-order chi connectivity index (χ1) is 11.3. The Labute approximate surface area is 135 Å². The van der Waals surface area contributed by atoms with Gasteiger partial charge in [-0.2, -0.15) is 0 Å². The van der Waals surface area contributed by atoms with Crippen molar-refractivity contribution in [3.63, 3.8) is 0 Å². The second-order valence-corrected chi connectivity index (χ2v) is 5.32. The van der Waals surface area contributed by atoms with E-state index in [1.165, 1.54) is 0 Å². The first kappa shape index (κ1) is 15.2. The summed E-state index contributed by atoms with van der Waals surface area (Å²) in [6, 6.07) is 15.1. The SMILES string of the molecule is CCCCOC(=O)c1ccc(-c2ncc3ccccc3n2)cc1. The minimum atomic E-state index is -0.288. The highest BCUT2D eigenvalue weighted by Gasteiger charge is 2.08. The molecule has 0 aliphatic carbocycles. The molecule has 0 spiro atoms. The van der Waals surface area contributed by atoms with E-state index in [1.807, 2.05) is 42.6 Å². The Morgan fingerprint density at radius 3 is 2.65 bits per heavy atom. The second-order valence-electron chi connectivity index (χ2n) is 5.32. The van der Waals surface area contributed by atoms with Gasteiger partial charge in [-0.3, -0.25) is 0 Å². The summed E-state index contributed by atoms with van der Waals surface area (Å²) in [5.74, 6) is 0.360. The molecule has 0 aliphatic heterocycles. The zero-order valence-electron chi connectivity index (χ0n) is 13.0. The number of benzene rings is 2. The Bertz CT molecular complexity index is 813. The number of hydrogen-bond donors (Lipinski definition) is 0.